The van der Waals surface area contributed by atoms with E-state index in [1.807, 2.05) is 0 Å². The van der Waals surface area contributed by atoms with Gasteiger partial charge >= 0.3 is 0 Å². The van der Waals surface area contributed by atoms with Crippen molar-refractivity contribution in [3.8, 4) is 0 Å². The van der Waals surface area contributed by atoms with E-state index < -0.39 is 0 Å². The molecule has 1 aliphatic heterocycles. The fourth-order valence-corrected chi connectivity index (χ4v) is 2.72. The largest absolute Gasteiger partial charge is 0.349 e. The second kappa shape index (κ2) is 6.27. The fraction of sp³-hybridized carbons (Fsp3) is 0.467. The van der Waals surface area contributed by atoms with Crippen LogP contribution < -0.4 is 0 Å². The molecule has 1 saturated heterocycles. The summed E-state index contributed by atoms with van der Waals surface area (Å²) in [4.78, 5) is 27.7. The number of piperidine rings is 1. The van der Waals surface area contributed by atoms with Crippen LogP contribution in [0.2, 0.25) is 5.02 Å². The lowest BCUT2D eigenvalue weighted by Crippen LogP contribution is -2.42. The van der Waals surface area contributed by atoms with Crippen molar-refractivity contribution in [3.05, 3.63) is 34.9 Å². The van der Waals surface area contributed by atoms with Gasteiger partial charge in [-0.1, -0.05) is 23.7 Å². The number of halogens is 1. The van der Waals surface area contributed by atoms with Crippen LogP contribution in [-0.4, -0.2) is 48.8 Å². The van der Waals surface area contributed by atoms with Gasteiger partial charge in [0, 0.05) is 33.1 Å². The van der Waals surface area contributed by atoms with E-state index in [0.29, 0.717) is 36.5 Å². The molecule has 0 N–H and O–H groups in total. The Labute approximate surface area is 124 Å². The summed E-state index contributed by atoms with van der Waals surface area (Å²) in [5.41, 5.74) is 0.534. The predicted molar refractivity (Wildman–Crippen MR) is 78.8 cm³/mol. The Kier molecular flexibility index (Phi) is 4.65. The maximum Gasteiger partial charge on any atom is 0.255 e. The standard InChI is InChI=1S/C15H19ClN2O2/c1-17(2)14(19)11-7-9-18(10-8-11)15(20)12-5-3-4-6-13(12)16/h3-6,11H,7-10H2,1-2H3. The van der Waals surface area contributed by atoms with E-state index in [2.05, 4.69) is 0 Å². The molecular formula is C15H19ClN2O2. The molecule has 108 valence electrons. The summed E-state index contributed by atoms with van der Waals surface area (Å²) >= 11 is 6.05. The van der Waals surface area contributed by atoms with E-state index in [1.54, 1.807) is 48.2 Å². The van der Waals surface area contributed by atoms with Crippen LogP contribution in [0.3, 0.4) is 0 Å². The molecule has 1 heterocycles. The number of likely N-dealkylation sites (tertiary alicyclic amines) is 1. The summed E-state index contributed by atoms with van der Waals surface area (Å²) in [5, 5.41) is 0.476. The molecule has 2 rings (SSSR count). The minimum absolute atomic E-state index is 0.0281. The molecule has 2 amide bonds. The van der Waals surface area contributed by atoms with Gasteiger partial charge < -0.3 is 9.80 Å². The number of nitrogens with zero attached hydrogens (tertiary/aromatic N) is 2. The van der Waals surface area contributed by atoms with Gasteiger partial charge in [0.2, 0.25) is 5.91 Å². The topological polar surface area (TPSA) is 40.6 Å². The lowest BCUT2D eigenvalue weighted by Gasteiger charge is -2.32. The van der Waals surface area contributed by atoms with Crippen LogP contribution in [-0.2, 0) is 4.79 Å². The smallest absolute Gasteiger partial charge is 0.255 e. The Bertz CT molecular complexity index is 508. The Morgan fingerprint density at radius 2 is 1.80 bits per heavy atom. The molecule has 0 saturated carbocycles. The molecule has 1 aromatic carbocycles. The highest BCUT2D eigenvalue weighted by Crippen LogP contribution is 2.23. The van der Waals surface area contributed by atoms with Gasteiger partial charge in [-0.25, -0.2) is 0 Å². The third-order valence-electron chi connectivity index (χ3n) is 3.68. The lowest BCUT2D eigenvalue weighted by molar-refractivity contribution is -0.134. The van der Waals surface area contributed by atoms with Gasteiger partial charge in [-0.3, -0.25) is 9.59 Å². The van der Waals surface area contributed by atoms with E-state index >= 15 is 0 Å². The number of carbonyl (C=O) groups excluding carboxylic acids is 2. The first-order chi connectivity index (χ1) is 9.50. The number of hydrogen-bond donors (Lipinski definition) is 0. The van der Waals surface area contributed by atoms with Crippen molar-refractivity contribution >= 4 is 23.4 Å². The van der Waals surface area contributed by atoms with Gasteiger partial charge in [0.15, 0.2) is 0 Å². The van der Waals surface area contributed by atoms with Crippen molar-refractivity contribution in [1.82, 2.24) is 9.80 Å². The van der Waals surface area contributed by atoms with Crippen LogP contribution in [0.25, 0.3) is 0 Å². The molecule has 0 aliphatic carbocycles. The SMILES string of the molecule is CN(C)C(=O)C1CCN(C(=O)c2ccccc2Cl)CC1. The van der Waals surface area contributed by atoms with Gasteiger partial charge in [0.1, 0.15) is 0 Å². The number of carbonyl (C=O) groups is 2. The van der Waals surface area contributed by atoms with Crippen LogP contribution in [0.4, 0.5) is 0 Å². The molecule has 0 spiro atoms. The molecule has 1 aromatic rings. The maximum absolute atomic E-state index is 12.4. The van der Waals surface area contributed by atoms with E-state index in [4.69, 9.17) is 11.6 Å². The fourth-order valence-electron chi connectivity index (χ4n) is 2.50. The summed E-state index contributed by atoms with van der Waals surface area (Å²) in [6.07, 6.45) is 1.43. The third kappa shape index (κ3) is 3.12. The Morgan fingerprint density at radius 1 is 1.20 bits per heavy atom. The molecule has 0 bridgehead atoms. The van der Waals surface area contributed by atoms with Crippen molar-refractivity contribution in [2.75, 3.05) is 27.2 Å². The molecule has 0 atom stereocenters. The minimum Gasteiger partial charge on any atom is -0.349 e. The van der Waals surface area contributed by atoms with Crippen LogP contribution in [0, 0.1) is 5.92 Å². The summed E-state index contributed by atoms with van der Waals surface area (Å²) in [6.45, 7) is 1.21. The normalized spacial score (nSPS) is 16.1. The quantitative estimate of drug-likeness (QED) is 0.839. The second-order valence-electron chi connectivity index (χ2n) is 5.28. The van der Waals surface area contributed by atoms with E-state index in [-0.39, 0.29) is 17.7 Å². The van der Waals surface area contributed by atoms with Crippen LogP contribution in [0.5, 0.6) is 0 Å². The molecule has 1 fully saturated rings. The first-order valence-electron chi connectivity index (χ1n) is 6.75. The Hall–Kier alpha value is -1.55. The number of amides is 2. The van der Waals surface area contributed by atoms with Crippen LogP contribution in [0.15, 0.2) is 24.3 Å². The molecule has 5 heteroatoms. The van der Waals surface area contributed by atoms with Crippen molar-refractivity contribution in [1.29, 1.82) is 0 Å². The highest BCUT2D eigenvalue weighted by Gasteiger charge is 2.29. The number of rotatable bonds is 2. The molecular weight excluding hydrogens is 276 g/mol. The van der Waals surface area contributed by atoms with Crippen molar-refractivity contribution in [2.24, 2.45) is 5.92 Å². The summed E-state index contributed by atoms with van der Waals surface area (Å²) in [7, 11) is 3.53. The van der Waals surface area contributed by atoms with Crippen LogP contribution in [0.1, 0.15) is 23.2 Å². The lowest BCUT2D eigenvalue weighted by atomic mass is 9.95. The zero-order chi connectivity index (χ0) is 14.7. The molecule has 1 aliphatic rings. The molecule has 0 aromatic heterocycles. The Morgan fingerprint density at radius 3 is 2.35 bits per heavy atom. The maximum atomic E-state index is 12.4. The van der Waals surface area contributed by atoms with Crippen molar-refractivity contribution < 1.29 is 9.59 Å². The number of hydrogen-bond acceptors (Lipinski definition) is 2. The first-order valence-corrected chi connectivity index (χ1v) is 7.13. The second-order valence-corrected chi connectivity index (χ2v) is 5.69. The van der Waals surface area contributed by atoms with E-state index in [9.17, 15) is 9.59 Å². The number of benzene rings is 1. The summed E-state index contributed by atoms with van der Waals surface area (Å²) in [5.74, 6) is 0.126. The molecule has 0 radical (unpaired) electrons. The summed E-state index contributed by atoms with van der Waals surface area (Å²) < 4.78 is 0. The van der Waals surface area contributed by atoms with E-state index in [1.165, 1.54) is 0 Å². The van der Waals surface area contributed by atoms with Gasteiger partial charge in [-0.15, -0.1) is 0 Å². The average Bonchev–Trinajstić information content (AvgIpc) is 2.46. The van der Waals surface area contributed by atoms with Gasteiger partial charge in [0.25, 0.3) is 5.91 Å². The van der Waals surface area contributed by atoms with Gasteiger partial charge in [-0.2, -0.15) is 0 Å². The van der Waals surface area contributed by atoms with Gasteiger partial charge in [0.05, 0.1) is 10.6 Å². The Balaban J connectivity index is 1.99. The zero-order valence-corrected chi connectivity index (χ0v) is 12.6. The van der Waals surface area contributed by atoms with Crippen molar-refractivity contribution in [2.45, 2.75) is 12.8 Å². The highest BCUT2D eigenvalue weighted by atomic mass is 35.5. The highest BCUT2D eigenvalue weighted by molar-refractivity contribution is 6.33. The molecule has 20 heavy (non-hydrogen) atoms. The minimum atomic E-state index is -0.0497. The van der Waals surface area contributed by atoms with E-state index in [0.717, 1.165) is 0 Å². The van der Waals surface area contributed by atoms with Crippen LogP contribution >= 0.6 is 11.6 Å². The van der Waals surface area contributed by atoms with Gasteiger partial charge in [-0.05, 0) is 25.0 Å². The third-order valence-corrected chi connectivity index (χ3v) is 4.01. The average molecular weight is 295 g/mol. The first kappa shape index (κ1) is 14.9. The molecule has 4 nitrogen and oxygen atoms in total. The monoisotopic (exact) mass is 294 g/mol. The molecule has 0 unspecified atom stereocenters. The zero-order valence-electron chi connectivity index (χ0n) is 11.8. The van der Waals surface area contributed by atoms with Crippen molar-refractivity contribution in [3.63, 3.8) is 0 Å². The summed E-state index contributed by atoms with van der Waals surface area (Å²) in [6, 6.07) is 7.07. The predicted octanol–water partition coefficient (Wildman–Crippen LogP) is 2.28.